The van der Waals surface area contributed by atoms with Gasteiger partial charge < -0.3 is 4.90 Å². The third-order valence-electron chi connectivity index (χ3n) is 1.25. The zero-order valence-electron chi connectivity index (χ0n) is 7.00. The predicted octanol–water partition coefficient (Wildman–Crippen LogP) is 3.17. The highest BCUT2D eigenvalue weighted by Crippen LogP contribution is 2.16. The molecule has 0 saturated heterocycles. The molecule has 0 aromatic heterocycles. The lowest BCUT2D eigenvalue weighted by Gasteiger charge is -2.10. The van der Waals surface area contributed by atoms with Crippen molar-refractivity contribution < 1.29 is 0 Å². The van der Waals surface area contributed by atoms with E-state index in [9.17, 15) is 0 Å². The van der Waals surface area contributed by atoms with Gasteiger partial charge in [0, 0.05) is 19.1 Å². The van der Waals surface area contributed by atoms with Crippen LogP contribution in [0.1, 0.15) is 13.8 Å². The van der Waals surface area contributed by atoms with Gasteiger partial charge in [-0.25, -0.2) is 0 Å². The first-order valence-electron chi connectivity index (χ1n) is 3.59. The molecule has 0 aromatic rings. The van der Waals surface area contributed by atoms with E-state index in [-0.39, 0.29) is 9.52 Å². The molecule has 0 saturated carbocycles. The molecule has 0 aromatic carbocycles. The molecule has 0 heterocycles. The van der Waals surface area contributed by atoms with Crippen molar-refractivity contribution in [1.29, 1.82) is 0 Å². The van der Waals surface area contributed by atoms with Crippen molar-refractivity contribution in [3.8, 4) is 12.0 Å². The summed E-state index contributed by atoms with van der Waals surface area (Å²) < 4.78 is 0.0105. The minimum Gasteiger partial charge on any atom is -0.333 e. The van der Waals surface area contributed by atoms with Gasteiger partial charge in [0.25, 0.3) is 0 Å². The lowest BCUT2D eigenvalue weighted by Crippen LogP contribution is -2.15. The van der Waals surface area contributed by atoms with E-state index in [2.05, 4.69) is 12.0 Å². The van der Waals surface area contributed by atoms with Gasteiger partial charge in [-0.1, -0.05) is 34.8 Å². The summed E-state index contributed by atoms with van der Waals surface area (Å²) in [7, 11) is 0. The number of rotatable bonds is 2. The first kappa shape index (κ1) is 12.0. The molecule has 0 amide bonds. The Bertz CT molecular complexity index is 216. The number of hydrogen-bond donors (Lipinski definition) is 0. The lowest BCUT2D eigenvalue weighted by atomic mass is 10.5. The highest BCUT2D eigenvalue weighted by Gasteiger charge is 1.93. The maximum Gasteiger partial charge on any atom is 0.133 e. The molecular formula is C8H10Cl3N. The number of halogens is 3. The topological polar surface area (TPSA) is 3.24 Å². The molecular weight excluding hydrogens is 216 g/mol. The number of nitrogens with zero attached hydrogens (tertiary/aromatic N) is 1. The Hall–Kier alpha value is -0.0300. The normalized spacial score (nSPS) is 8.42. The van der Waals surface area contributed by atoms with Crippen LogP contribution in [0.5, 0.6) is 0 Å². The second-order valence-electron chi connectivity index (χ2n) is 1.98. The summed E-state index contributed by atoms with van der Waals surface area (Å²) in [6.45, 7) is 5.73. The summed E-state index contributed by atoms with van der Waals surface area (Å²) in [4.78, 5) is 1.90. The standard InChI is InChI=1S/C8H10Cl3N/c1-3-12(4-2)6-5-7(9)8(10)11/h3-4H2,1-2H3. The van der Waals surface area contributed by atoms with E-state index in [1.807, 2.05) is 18.7 Å². The molecule has 0 spiro atoms. The number of hydrogen-bond acceptors (Lipinski definition) is 1. The Labute approximate surface area is 88.3 Å². The van der Waals surface area contributed by atoms with Gasteiger partial charge in [-0.2, -0.15) is 0 Å². The molecule has 0 aliphatic carbocycles. The maximum absolute atomic E-state index is 5.59. The zero-order chi connectivity index (χ0) is 9.56. The monoisotopic (exact) mass is 225 g/mol. The molecule has 0 N–H and O–H groups in total. The van der Waals surface area contributed by atoms with Crippen LogP contribution in [0.4, 0.5) is 0 Å². The molecule has 0 aliphatic rings. The minimum atomic E-state index is 0.0105. The van der Waals surface area contributed by atoms with Crippen molar-refractivity contribution in [2.24, 2.45) is 0 Å². The fourth-order valence-electron chi connectivity index (χ4n) is 0.557. The third-order valence-corrected chi connectivity index (χ3v) is 2.11. The summed E-state index contributed by atoms with van der Waals surface area (Å²) >= 11 is 16.4. The van der Waals surface area contributed by atoms with Gasteiger partial charge >= 0.3 is 0 Å². The van der Waals surface area contributed by atoms with Crippen LogP contribution in [0, 0.1) is 12.0 Å². The summed E-state index contributed by atoms with van der Waals surface area (Å²) in [6, 6.07) is 2.82. The molecule has 0 unspecified atom stereocenters. The predicted molar refractivity (Wildman–Crippen MR) is 55.3 cm³/mol. The largest absolute Gasteiger partial charge is 0.333 e. The average molecular weight is 227 g/mol. The van der Waals surface area contributed by atoms with E-state index in [0.29, 0.717) is 0 Å². The fraction of sp³-hybridized carbons (Fsp3) is 0.500. The average Bonchev–Trinajstić information content (AvgIpc) is 2.05. The maximum atomic E-state index is 5.59. The second kappa shape index (κ2) is 6.48. The Balaban J connectivity index is 4.28. The molecule has 68 valence electrons. The van der Waals surface area contributed by atoms with Gasteiger partial charge in [0.05, 0.1) is 0 Å². The van der Waals surface area contributed by atoms with E-state index in [0.717, 1.165) is 13.1 Å². The summed E-state index contributed by atoms with van der Waals surface area (Å²) in [5, 5.41) is 0.185. The van der Waals surface area contributed by atoms with Crippen LogP contribution in [0.15, 0.2) is 9.52 Å². The van der Waals surface area contributed by atoms with Crippen LogP contribution < -0.4 is 0 Å². The minimum absolute atomic E-state index is 0.0105. The first-order valence-corrected chi connectivity index (χ1v) is 4.72. The van der Waals surface area contributed by atoms with Crippen LogP contribution in [-0.2, 0) is 0 Å². The van der Waals surface area contributed by atoms with Crippen LogP contribution in [0.2, 0.25) is 0 Å². The summed E-state index contributed by atoms with van der Waals surface area (Å²) in [5.74, 6) is 2.64. The van der Waals surface area contributed by atoms with Crippen molar-refractivity contribution in [1.82, 2.24) is 4.90 Å². The quantitative estimate of drug-likeness (QED) is 0.516. The SMILES string of the molecule is CCN(C#CC(Cl)=C(Cl)Cl)CC. The molecule has 1 nitrogen and oxygen atoms in total. The first-order chi connectivity index (χ1) is 5.61. The van der Waals surface area contributed by atoms with Crippen molar-refractivity contribution in [3.05, 3.63) is 9.52 Å². The smallest absolute Gasteiger partial charge is 0.133 e. The highest BCUT2D eigenvalue weighted by atomic mass is 35.5. The van der Waals surface area contributed by atoms with Crippen LogP contribution in [-0.4, -0.2) is 18.0 Å². The van der Waals surface area contributed by atoms with Gasteiger partial charge in [0.1, 0.15) is 9.52 Å². The lowest BCUT2D eigenvalue weighted by molar-refractivity contribution is 0.444. The van der Waals surface area contributed by atoms with E-state index in [1.165, 1.54) is 0 Å². The molecule has 0 fully saturated rings. The Kier molecular flexibility index (Phi) is 6.47. The Morgan fingerprint density at radius 3 is 2.00 bits per heavy atom. The molecule has 4 heteroatoms. The Morgan fingerprint density at radius 2 is 1.67 bits per heavy atom. The third kappa shape index (κ3) is 4.77. The van der Waals surface area contributed by atoms with E-state index >= 15 is 0 Å². The van der Waals surface area contributed by atoms with E-state index in [1.54, 1.807) is 0 Å². The van der Waals surface area contributed by atoms with Crippen molar-refractivity contribution >= 4 is 34.8 Å². The van der Waals surface area contributed by atoms with Gasteiger partial charge in [0.2, 0.25) is 0 Å². The van der Waals surface area contributed by atoms with Crippen molar-refractivity contribution in [2.45, 2.75) is 13.8 Å². The molecule has 0 atom stereocenters. The highest BCUT2D eigenvalue weighted by molar-refractivity contribution is 6.59. The van der Waals surface area contributed by atoms with E-state index < -0.39 is 0 Å². The molecule has 0 aliphatic heterocycles. The van der Waals surface area contributed by atoms with Crippen molar-refractivity contribution in [2.75, 3.05) is 13.1 Å². The van der Waals surface area contributed by atoms with Gasteiger partial charge in [-0.3, -0.25) is 0 Å². The van der Waals surface area contributed by atoms with E-state index in [4.69, 9.17) is 34.8 Å². The van der Waals surface area contributed by atoms with Gasteiger partial charge in [-0.15, -0.1) is 0 Å². The molecule has 12 heavy (non-hydrogen) atoms. The zero-order valence-corrected chi connectivity index (χ0v) is 9.26. The van der Waals surface area contributed by atoms with Crippen LogP contribution >= 0.6 is 34.8 Å². The van der Waals surface area contributed by atoms with Gasteiger partial charge in [-0.05, 0) is 19.8 Å². The summed E-state index contributed by atoms with van der Waals surface area (Å²) in [5.41, 5.74) is 0. The molecule has 0 rings (SSSR count). The van der Waals surface area contributed by atoms with Gasteiger partial charge in [0.15, 0.2) is 0 Å². The molecule has 0 radical (unpaired) electrons. The summed E-state index contributed by atoms with van der Waals surface area (Å²) in [6.07, 6.45) is 0. The fourth-order valence-corrected chi connectivity index (χ4v) is 0.694. The van der Waals surface area contributed by atoms with Crippen LogP contribution in [0.3, 0.4) is 0 Å². The van der Waals surface area contributed by atoms with Crippen LogP contribution in [0.25, 0.3) is 0 Å². The Morgan fingerprint density at radius 1 is 1.17 bits per heavy atom. The number of allylic oxidation sites excluding steroid dienone is 1. The van der Waals surface area contributed by atoms with Crippen molar-refractivity contribution in [3.63, 3.8) is 0 Å². The second-order valence-corrected chi connectivity index (χ2v) is 3.31. The molecule has 0 bridgehead atoms.